The zero-order valence-electron chi connectivity index (χ0n) is 9.98. The molecule has 0 aromatic carbocycles. The summed E-state index contributed by atoms with van der Waals surface area (Å²) in [6.07, 6.45) is 1.02. The normalized spacial score (nSPS) is 11.6. The molecular weight excluding hydrogens is 210 g/mol. The zero-order chi connectivity index (χ0) is 11.6. The highest BCUT2D eigenvalue weighted by Crippen LogP contribution is 2.23. The Morgan fingerprint density at radius 2 is 1.87 bits per heavy atom. The molecule has 0 radical (unpaired) electrons. The standard InChI is InChI=1S/C11H18ClN3/c1-6-11(4,5)15-10-7(2)9(12)13-8(3)14-10/h6H2,1-5H3,(H,13,14,15). The lowest BCUT2D eigenvalue weighted by Gasteiger charge is -2.26. The molecule has 0 atom stereocenters. The predicted octanol–water partition coefficient (Wildman–Crippen LogP) is 3.35. The van der Waals surface area contributed by atoms with E-state index >= 15 is 0 Å². The van der Waals surface area contributed by atoms with Crippen LogP contribution in [-0.2, 0) is 0 Å². The Hall–Kier alpha value is -0.830. The van der Waals surface area contributed by atoms with Gasteiger partial charge in [0.25, 0.3) is 0 Å². The van der Waals surface area contributed by atoms with Crippen LogP contribution in [0.25, 0.3) is 0 Å². The average Bonchev–Trinajstić information content (AvgIpc) is 2.13. The van der Waals surface area contributed by atoms with Gasteiger partial charge in [-0.3, -0.25) is 0 Å². The largest absolute Gasteiger partial charge is 0.365 e. The van der Waals surface area contributed by atoms with Crippen molar-refractivity contribution in [3.63, 3.8) is 0 Å². The first kappa shape index (κ1) is 12.2. The Kier molecular flexibility index (Phi) is 3.55. The summed E-state index contributed by atoms with van der Waals surface area (Å²) in [5, 5.41) is 3.91. The highest BCUT2D eigenvalue weighted by molar-refractivity contribution is 6.30. The van der Waals surface area contributed by atoms with Crippen molar-refractivity contribution in [2.24, 2.45) is 0 Å². The van der Waals surface area contributed by atoms with Gasteiger partial charge >= 0.3 is 0 Å². The summed E-state index contributed by atoms with van der Waals surface area (Å²) in [5.74, 6) is 1.53. The number of rotatable bonds is 3. The van der Waals surface area contributed by atoms with E-state index < -0.39 is 0 Å². The number of nitrogens with zero attached hydrogens (tertiary/aromatic N) is 2. The lowest BCUT2D eigenvalue weighted by atomic mass is 10.0. The highest BCUT2D eigenvalue weighted by Gasteiger charge is 2.17. The first-order chi connectivity index (χ1) is 6.85. The molecule has 0 saturated heterocycles. The summed E-state index contributed by atoms with van der Waals surface area (Å²) in [7, 11) is 0. The van der Waals surface area contributed by atoms with Gasteiger partial charge in [0.2, 0.25) is 0 Å². The number of nitrogens with one attached hydrogen (secondary N) is 1. The fourth-order valence-electron chi connectivity index (χ4n) is 1.12. The van der Waals surface area contributed by atoms with Crippen LogP contribution in [0.1, 0.15) is 38.6 Å². The molecule has 0 fully saturated rings. The monoisotopic (exact) mass is 227 g/mol. The van der Waals surface area contributed by atoms with Gasteiger partial charge in [0.1, 0.15) is 16.8 Å². The minimum atomic E-state index is 0.0227. The van der Waals surface area contributed by atoms with Gasteiger partial charge in [-0.25, -0.2) is 9.97 Å². The Labute approximate surface area is 96.3 Å². The molecule has 0 unspecified atom stereocenters. The molecule has 1 N–H and O–H groups in total. The highest BCUT2D eigenvalue weighted by atomic mass is 35.5. The molecule has 84 valence electrons. The number of aromatic nitrogens is 2. The number of hydrogen-bond donors (Lipinski definition) is 1. The minimum Gasteiger partial charge on any atom is -0.365 e. The third-order valence-electron chi connectivity index (χ3n) is 2.54. The van der Waals surface area contributed by atoms with E-state index in [4.69, 9.17) is 11.6 Å². The van der Waals surface area contributed by atoms with Gasteiger partial charge in [0, 0.05) is 11.1 Å². The quantitative estimate of drug-likeness (QED) is 0.805. The van der Waals surface area contributed by atoms with Crippen molar-refractivity contribution < 1.29 is 0 Å². The summed E-state index contributed by atoms with van der Waals surface area (Å²) in [4.78, 5) is 8.46. The molecule has 0 aliphatic carbocycles. The Bertz CT molecular complexity index is 361. The first-order valence-corrected chi connectivity index (χ1v) is 5.52. The van der Waals surface area contributed by atoms with E-state index in [2.05, 4.69) is 36.1 Å². The minimum absolute atomic E-state index is 0.0227. The third-order valence-corrected chi connectivity index (χ3v) is 2.91. The van der Waals surface area contributed by atoms with Crippen LogP contribution in [0.3, 0.4) is 0 Å². The van der Waals surface area contributed by atoms with Gasteiger partial charge in [-0.1, -0.05) is 18.5 Å². The van der Waals surface area contributed by atoms with Gasteiger partial charge in [-0.05, 0) is 34.1 Å². The van der Waals surface area contributed by atoms with Gasteiger partial charge in [0.05, 0.1) is 0 Å². The molecular formula is C11H18ClN3. The zero-order valence-corrected chi connectivity index (χ0v) is 10.7. The molecule has 0 saturated carbocycles. The van der Waals surface area contributed by atoms with Gasteiger partial charge in [-0.15, -0.1) is 0 Å². The van der Waals surface area contributed by atoms with Crippen molar-refractivity contribution in [1.82, 2.24) is 9.97 Å². The maximum absolute atomic E-state index is 6.00. The first-order valence-electron chi connectivity index (χ1n) is 5.14. The number of hydrogen-bond acceptors (Lipinski definition) is 3. The lowest BCUT2D eigenvalue weighted by molar-refractivity contribution is 0.544. The van der Waals surface area contributed by atoms with Crippen LogP contribution in [0.4, 0.5) is 5.82 Å². The maximum atomic E-state index is 6.00. The smallest absolute Gasteiger partial charge is 0.137 e. The second-order valence-electron chi connectivity index (χ2n) is 4.40. The molecule has 3 nitrogen and oxygen atoms in total. The fourth-order valence-corrected chi connectivity index (χ4v) is 1.34. The summed E-state index contributed by atoms with van der Waals surface area (Å²) in [6.45, 7) is 10.2. The third kappa shape index (κ3) is 3.06. The van der Waals surface area contributed by atoms with E-state index in [1.54, 1.807) is 0 Å². The Balaban J connectivity index is 3.05. The average molecular weight is 228 g/mol. The van der Waals surface area contributed by atoms with E-state index in [1.165, 1.54) is 0 Å². The fraction of sp³-hybridized carbons (Fsp3) is 0.636. The molecule has 1 aromatic heterocycles. The van der Waals surface area contributed by atoms with E-state index in [-0.39, 0.29) is 5.54 Å². The Morgan fingerprint density at radius 1 is 1.27 bits per heavy atom. The van der Waals surface area contributed by atoms with E-state index in [9.17, 15) is 0 Å². The van der Waals surface area contributed by atoms with Crippen LogP contribution in [-0.4, -0.2) is 15.5 Å². The Morgan fingerprint density at radius 3 is 2.40 bits per heavy atom. The van der Waals surface area contributed by atoms with Crippen LogP contribution >= 0.6 is 11.6 Å². The van der Waals surface area contributed by atoms with Crippen molar-refractivity contribution >= 4 is 17.4 Å². The molecule has 1 rings (SSSR count). The van der Waals surface area contributed by atoms with Crippen LogP contribution in [0, 0.1) is 13.8 Å². The molecule has 0 aliphatic rings. The van der Waals surface area contributed by atoms with Crippen LogP contribution in [0.15, 0.2) is 0 Å². The number of halogens is 1. The van der Waals surface area contributed by atoms with Crippen LogP contribution in [0.2, 0.25) is 5.15 Å². The molecule has 0 aliphatic heterocycles. The second kappa shape index (κ2) is 4.35. The molecule has 0 amide bonds. The lowest BCUT2D eigenvalue weighted by Crippen LogP contribution is -2.30. The van der Waals surface area contributed by atoms with Crippen molar-refractivity contribution in [2.45, 2.75) is 46.6 Å². The van der Waals surface area contributed by atoms with E-state index in [0.717, 1.165) is 17.8 Å². The van der Waals surface area contributed by atoms with Crippen LogP contribution in [0.5, 0.6) is 0 Å². The molecule has 0 spiro atoms. The second-order valence-corrected chi connectivity index (χ2v) is 4.76. The molecule has 4 heteroatoms. The molecule has 1 heterocycles. The van der Waals surface area contributed by atoms with E-state index in [0.29, 0.717) is 11.0 Å². The number of aryl methyl sites for hydroxylation is 1. The molecule has 0 bridgehead atoms. The molecule has 15 heavy (non-hydrogen) atoms. The maximum Gasteiger partial charge on any atom is 0.137 e. The predicted molar refractivity (Wildman–Crippen MR) is 64.5 cm³/mol. The van der Waals surface area contributed by atoms with Crippen molar-refractivity contribution in [3.05, 3.63) is 16.5 Å². The van der Waals surface area contributed by atoms with Crippen molar-refractivity contribution in [1.29, 1.82) is 0 Å². The van der Waals surface area contributed by atoms with Crippen molar-refractivity contribution in [2.75, 3.05) is 5.32 Å². The van der Waals surface area contributed by atoms with Crippen LogP contribution < -0.4 is 5.32 Å². The topological polar surface area (TPSA) is 37.8 Å². The summed E-state index contributed by atoms with van der Waals surface area (Å²) in [6, 6.07) is 0. The molecule has 1 aromatic rings. The van der Waals surface area contributed by atoms with Gasteiger partial charge in [0.15, 0.2) is 0 Å². The van der Waals surface area contributed by atoms with Gasteiger partial charge < -0.3 is 5.32 Å². The van der Waals surface area contributed by atoms with Gasteiger partial charge in [-0.2, -0.15) is 0 Å². The summed E-state index contributed by atoms with van der Waals surface area (Å²) in [5.41, 5.74) is 0.929. The summed E-state index contributed by atoms with van der Waals surface area (Å²) < 4.78 is 0. The summed E-state index contributed by atoms with van der Waals surface area (Å²) >= 11 is 6.00. The SMILES string of the molecule is CCC(C)(C)Nc1nc(C)nc(Cl)c1C. The number of anilines is 1. The van der Waals surface area contributed by atoms with E-state index in [1.807, 2.05) is 13.8 Å². The van der Waals surface area contributed by atoms with Crippen molar-refractivity contribution in [3.8, 4) is 0 Å².